The van der Waals surface area contributed by atoms with E-state index in [0.717, 1.165) is 13.1 Å². The first-order valence-corrected chi connectivity index (χ1v) is 4.65. The highest BCUT2D eigenvalue weighted by Gasteiger charge is 2.21. The van der Waals surface area contributed by atoms with E-state index in [1.165, 1.54) is 18.5 Å². The van der Waals surface area contributed by atoms with Gasteiger partial charge < -0.3 is 9.88 Å². The van der Waals surface area contributed by atoms with Crippen LogP contribution in [0.25, 0.3) is 0 Å². The van der Waals surface area contributed by atoms with Crippen molar-refractivity contribution in [3.63, 3.8) is 0 Å². The number of hydrogen-bond donors (Lipinski definition) is 1. The molecule has 1 aliphatic rings. The fourth-order valence-corrected chi connectivity index (χ4v) is 1.59. The summed E-state index contributed by atoms with van der Waals surface area (Å²) in [4.78, 5) is 4.17. The van der Waals surface area contributed by atoms with E-state index in [0.29, 0.717) is 6.04 Å². The van der Waals surface area contributed by atoms with Crippen LogP contribution in [0.15, 0.2) is 12.5 Å². The molecule has 1 aromatic rings. The zero-order valence-electron chi connectivity index (χ0n) is 7.45. The van der Waals surface area contributed by atoms with Crippen LogP contribution in [-0.2, 0) is 6.54 Å². The van der Waals surface area contributed by atoms with Gasteiger partial charge in [-0.25, -0.2) is 4.98 Å². The highest BCUT2D eigenvalue weighted by molar-refractivity contribution is 5.08. The van der Waals surface area contributed by atoms with Crippen molar-refractivity contribution < 1.29 is 0 Å². The van der Waals surface area contributed by atoms with Crippen molar-refractivity contribution in [2.45, 2.75) is 32.4 Å². The quantitative estimate of drug-likeness (QED) is 0.732. The van der Waals surface area contributed by atoms with Gasteiger partial charge in [0, 0.05) is 12.7 Å². The molecule has 0 aromatic carbocycles. The summed E-state index contributed by atoms with van der Waals surface area (Å²) in [6.45, 7) is 4.44. The van der Waals surface area contributed by atoms with Crippen LogP contribution in [0, 0.1) is 0 Å². The molecule has 1 aromatic heterocycles. The minimum atomic E-state index is 0.569. The molecular formula is C9H15N3. The highest BCUT2D eigenvalue weighted by atomic mass is 15.1. The average Bonchev–Trinajstić information content (AvgIpc) is 2.35. The van der Waals surface area contributed by atoms with Gasteiger partial charge in [-0.1, -0.05) is 6.92 Å². The predicted octanol–water partition coefficient (Wildman–Crippen LogP) is 1.33. The van der Waals surface area contributed by atoms with E-state index in [1.54, 1.807) is 0 Å². The zero-order chi connectivity index (χ0) is 8.39. The summed E-state index contributed by atoms with van der Waals surface area (Å²) < 4.78 is 2.25. The van der Waals surface area contributed by atoms with E-state index in [1.807, 2.05) is 12.5 Å². The molecule has 1 unspecified atom stereocenters. The maximum Gasteiger partial charge on any atom is 0.0948 e. The Morgan fingerprint density at radius 2 is 2.58 bits per heavy atom. The van der Waals surface area contributed by atoms with Gasteiger partial charge in [0.05, 0.1) is 18.1 Å². The number of rotatable bonds is 3. The smallest absolute Gasteiger partial charge is 0.0948 e. The average molecular weight is 165 g/mol. The van der Waals surface area contributed by atoms with Crippen LogP contribution in [0.4, 0.5) is 0 Å². The molecule has 2 heterocycles. The molecule has 1 N–H and O–H groups in total. The molecule has 1 aliphatic heterocycles. The summed E-state index contributed by atoms with van der Waals surface area (Å²) >= 11 is 0. The van der Waals surface area contributed by atoms with Crippen molar-refractivity contribution in [2.75, 3.05) is 6.54 Å². The topological polar surface area (TPSA) is 29.9 Å². The van der Waals surface area contributed by atoms with E-state index in [9.17, 15) is 0 Å². The third-order valence-electron chi connectivity index (χ3n) is 2.39. The van der Waals surface area contributed by atoms with Gasteiger partial charge in [-0.15, -0.1) is 0 Å². The Balaban J connectivity index is 2.12. The molecule has 0 bridgehead atoms. The van der Waals surface area contributed by atoms with Crippen molar-refractivity contribution in [3.05, 3.63) is 18.2 Å². The van der Waals surface area contributed by atoms with Gasteiger partial charge in [-0.3, -0.25) is 0 Å². The minimum absolute atomic E-state index is 0.569. The number of aromatic nitrogens is 2. The molecule has 3 heteroatoms. The molecule has 1 fully saturated rings. The zero-order valence-corrected chi connectivity index (χ0v) is 7.45. The third kappa shape index (κ3) is 1.25. The fourth-order valence-electron chi connectivity index (χ4n) is 1.59. The third-order valence-corrected chi connectivity index (χ3v) is 2.39. The summed E-state index contributed by atoms with van der Waals surface area (Å²) in [7, 11) is 0. The van der Waals surface area contributed by atoms with Gasteiger partial charge in [-0.2, -0.15) is 0 Å². The van der Waals surface area contributed by atoms with Crippen LogP contribution in [0.5, 0.6) is 0 Å². The number of nitrogens with one attached hydrogen (secondary N) is 1. The molecule has 0 aliphatic carbocycles. The van der Waals surface area contributed by atoms with Gasteiger partial charge >= 0.3 is 0 Å². The number of hydrogen-bond acceptors (Lipinski definition) is 2. The molecule has 12 heavy (non-hydrogen) atoms. The Morgan fingerprint density at radius 3 is 3.17 bits per heavy atom. The Hall–Kier alpha value is -0.830. The second kappa shape index (κ2) is 3.27. The Bertz CT molecular complexity index is 250. The molecule has 1 atom stereocenters. The van der Waals surface area contributed by atoms with E-state index in [-0.39, 0.29) is 0 Å². The first kappa shape index (κ1) is 7.80. The maximum absolute atomic E-state index is 4.17. The molecule has 0 saturated carbocycles. The van der Waals surface area contributed by atoms with Gasteiger partial charge in [0.25, 0.3) is 0 Å². The monoisotopic (exact) mass is 165 g/mol. The van der Waals surface area contributed by atoms with Crippen molar-refractivity contribution in [2.24, 2.45) is 0 Å². The SMILES string of the molecule is CCCn1cncc1C1CCN1. The van der Waals surface area contributed by atoms with Crippen molar-refractivity contribution >= 4 is 0 Å². The summed E-state index contributed by atoms with van der Waals surface area (Å²) in [6, 6.07) is 0.569. The Labute approximate surface area is 72.8 Å². The largest absolute Gasteiger partial charge is 0.333 e. The lowest BCUT2D eigenvalue weighted by molar-refractivity contribution is 0.362. The van der Waals surface area contributed by atoms with E-state index >= 15 is 0 Å². The Kier molecular flexibility index (Phi) is 2.13. The standard InChI is InChI=1S/C9H15N3/c1-2-5-12-7-10-6-9(12)8-3-4-11-8/h6-8,11H,2-5H2,1H3. The van der Waals surface area contributed by atoms with E-state index in [2.05, 4.69) is 21.8 Å². The number of nitrogens with zero attached hydrogens (tertiary/aromatic N) is 2. The molecule has 66 valence electrons. The lowest BCUT2D eigenvalue weighted by Crippen LogP contribution is -2.36. The van der Waals surface area contributed by atoms with Crippen LogP contribution < -0.4 is 5.32 Å². The molecule has 0 amide bonds. The van der Waals surface area contributed by atoms with Gasteiger partial charge in [0.2, 0.25) is 0 Å². The normalized spacial score (nSPS) is 22.2. The van der Waals surface area contributed by atoms with E-state index < -0.39 is 0 Å². The maximum atomic E-state index is 4.17. The molecular weight excluding hydrogens is 150 g/mol. The van der Waals surface area contributed by atoms with Crippen LogP contribution in [-0.4, -0.2) is 16.1 Å². The van der Waals surface area contributed by atoms with Crippen molar-refractivity contribution in [1.29, 1.82) is 0 Å². The first-order chi connectivity index (χ1) is 5.92. The summed E-state index contributed by atoms with van der Waals surface area (Å²) in [5, 5.41) is 3.39. The van der Waals surface area contributed by atoms with Gasteiger partial charge in [0.15, 0.2) is 0 Å². The summed E-state index contributed by atoms with van der Waals surface area (Å²) in [6.07, 6.45) is 6.34. The lowest BCUT2D eigenvalue weighted by Gasteiger charge is -2.28. The van der Waals surface area contributed by atoms with Gasteiger partial charge in [-0.05, 0) is 19.4 Å². The first-order valence-electron chi connectivity index (χ1n) is 4.65. The van der Waals surface area contributed by atoms with Crippen LogP contribution in [0.1, 0.15) is 31.5 Å². The predicted molar refractivity (Wildman–Crippen MR) is 47.9 cm³/mol. The second-order valence-electron chi connectivity index (χ2n) is 3.31. The minimum Gasteiger partial charge on any atom is -0.333 e. The molecule has 1 saturated heterocycles. The number of aryl methyl sites for hydroxylation is 1. The van der Waals surface area contributed by atoms with Crippen LogP contribution >= 0.6 is 0 Å². The summed E-state index contributed by atoms with van der Waals surface area (Å²) in [5.41, 5.74) is 1.35. The van der Waals surface area contributed by atoms with Crippen LogP contribution in [0.2, 0.25) is 0 Å². The second-order valence-corrected chi connectivity index (χ2v) is 3.31. The molecule has 3 nitrogen and oxygen atoms in total. The van der Waals surface area contributed by atoms with Gasteiger partial charge in [0.1, 0.15) is 0 Å². The Morgan fingerprint density at radius 1 is 1.75 bits per heavy atom. The lowest BCUT2D eigenvalue weighted by atomic mass is 10.0. The molecule has 0 spiro atoms. The van der Waals surface area contributed by atoms with Crippen molar-refractivity contribution in [1.82, 2.24) is 14.9 Å². The van der Waals surface area contributed by atoms with E-state index in [4.69, 9.17) is 0 Å². The molecule has 0 radical (unpaired) electrons. The number of imidazole rings is 1. The fraction of sp³-hybridized carbons (Fsp3) is 0.667. The van der Waals surface area contributed by atoms with Crippen molar-refractivity contribution in [3.8, 4) is 0 Å². The van der Waals surface area contributed by atoms with Crippen LogP contribution in [0.3, 0.4) is 0 Å². The molecule has 2 rings (SSSR count). The highest BCUT2D eigenvalue weighted by Crippen LogP contribution is 2.22. The summed E-state index contributed by atoms with van der Waals surface area (Å²) in [5.74, 6) is 0.